The predicted molar refractivity (Wildman–Crippen MR) is 69.0 cm³/mol. The van der Waals surface area contributed by atoms with Gasteiger partial charge in [-0.1, -0.05) is 48.5 Å². The first-order chi connectivity index (χ1) is 8.68. The Bertz CT molecular complexity index is 543. The molecular weight excluding hydrogens is 231 g/mol. The van der Waals surface area contributed by atoms with Crippen LogP contribution in [0.4, 0.5) is 14.9 Å². The van der Waals surface area contributed by atoms with Gasteiger partial charge in [0.1, 0.15) is 0 Å². The Morgan fingerprint density at radius 3 is 2.33 bits per heavy atom. The van der Waals surface area contributed by atoms with Crippen molar-refractivity contribution >= 4 is 11.7 Å². The van der Waals surface area contributed by atoms with Crippen LogP contribution in [0.15, 0.2) is 54.6 Å². The maximum Gasteiger partial charge on any atom is 0.316 e. The number of carbonyl (C=O) groups excluding carboxylic acids is 1. The van der Waals surface area contributed by atoms with Crippen molar-refractivity contribution in [2.45, 2.75) is 6.17 Å². The Kier molecular flexibility index (Phi) is 3.57. The van der Waals surface area contributed by atoms with Crippen LogP contribution in [0.1, 0.15) is 17.3 Å². The number of urea groups is 1. The minimum absolute atomic E-state index is 0.390. The summed E-state index contributed by atoms with van der Waals surface area (Å²) in [5, 5.41) is 2.42. The summed E-state index contributed by atoms with van der Waals surface area (Å²) in [6.07, 6.45) is -1.30. The molecule has 4 heteroatoms. The fraction of sp³-hybridized carbons (Fsp3) is 0.0714. The highest BCUT2D eigenvalue weighted by molar-refractivity contribution is 5.88. The van der Waals surface area contributed by atoms with Crippen LogP contribution in [0.2, 0.25) is 0 Å². The number of anilines is 1. The number of rotatable bonds is 3. The number of nitrogens with two attached hydrogens (primary N) is 1. The number of halogens is 1. The van der Waals surface area contributed by atoms with E-state index < -0.39 is 12.2 Å². The van der Waals surface area contributed by atoms with Crippen molar-refractivity contribution in [2.75, 3.05) is 5.32 Å². The highest BCUT2D eigenvalue weighted by Gasteiger charge is 2.16. The van der Waals surface area contributed by atoms with Crippen LogP contribution >= 0.6 is 0 Å². The van der Waals surface area contributed by atoms with Crippen LogP contribution < -0.4 is 11.1 Å². The monoisotopic (exact) mass is 244 g/mol. The third-order valence-corrected chi connectivity index (χ3v) is 2.58. The van der Waals surface area contributed by atoms with Gasteiger partial charge in [0, 0.05) is 11.3 Å². The summed E-state index contributed by atoms with van der Waals surface area (Å²) < 4.78 is 14.4. The summed E-state index contributed by atoms with van der Waals surface area (Å²) in [4.78, 5) is 10.9. The van der Waals surface area contributed by atoms with E-state index in [1.54, 1.807) is 48.5 Å². The maximum atomic E-state index is 14.4. The minimum Gasteiger partial charge on any atom is -0.351 e. The van der Waals surface area contributed by atoms with Crippen LogP contribution in [0.3, 0.4) is 0 Å². The number of para-hydroxylation sites is 1. The van der Waals surface area contributed by atoms with Crippen molar-refractivity contribution in [3.8, 4) is 0 Å². The number of hydrogen-bond donors (Lipinski definition) is 2. The van der Waals surface area contributed by atoms with E-state index in [-0.39, 0.29) is 0 Å². The molecule has 0 aliphatic carbocycles. The third kappa shape index (κ3) is 2.66. The molecule has 0 saturated carbocycles. The molecule has 0 radical (unpaired) electrons. The standard InChI is InChI=1S/C14H13FN2O/c15-13(10-6-2-1-3-7-10)11-8-4-5-9-12(11)17-14(16)18/h1-9,13H,(H3,16,17,18). The van der Waals surface area contributed by atoms with Gasteiger partial charge in [-0.2, -0.15) is 0 Å². The number of nitrogens with one attached hydrogen (secondary N) is 1. The smallest absolute Gasteiger partial charge is 0.316 e. The summed E-state index contributed by atoms with van der Waals surface area (Å²) >= 11 is 0. The Balaban J connectivity index is 2.36. The SMILES string of the molecule is NC(=O)Nc1ccccc1C(F)c1ccccc1. The second kappa shape index (κ2) is 5.31. The van der Waals surface area contributed by atoms with Gasteiger partial charge in [-0.05, 0) is 11.6 Å². The van der Waals surface area contributed by atoms with Gasteiger partial charge in [0.2, 0.25) is 0 Å². The zero-order valence-electron chi connectivity index (χ0n) is 9.64. The molecule has 0 bridgehead atoms. The summed E-state index contributed by atoms with van der Waals surface area (Å²) in [5.74, 6) is 0. The Hall–Kier alpha value is -2.36. The molecule has 0 saturated heterocycles. The molecule has 0 aliphatic heterocycles. The first-order valence-electron chi connectivity index (χ1n) is 5.53. The number of amides is 2. The minimum atomic E-state index is -1.30. The molecule has 0 aliphatic rings. The Labute approximate surface area is 104 Å². The van der Waals surface area contributed by atoms with Crippen LogP contribution in [0.5, 0.6) is 0 Å². The molecule has 1 atom stereocenters. The number of carbonyl (C=O) groups is 1. The molecule has 0 fully saturated rings. The lowest BCUT2D eigenvalue weighted by molar-refractivity contribution is 0.259. The average Bonchev–Trinajstić information content (AvgIpc) is 2.39. The Morgan fingerprint density at radius 1 is 1.06 bits per heavy atom. The van der Waals surface area contributed by atoms with Crippen molar-refractivity contribution in [3.05, 3.63) is 65.7 Å². The van der Waals surface area contributed by atoms with E-state index in [4.69, 9.17) is 5.73 Å². The molecule has 3 nitrogen and oxygen atoms in total. The van der Waals surface area contributed by atoms with E-state index in [9.17, 15) is 9.18 Å². The number of benzene rings is 2. The van der Waals surface area contributed by atoms with Crippen molar-refractivity contribution in [1.29, 1.82) is 0 Å². The van der Waals surface area contributed by atoms with Gasteiger partial charge < -0.3 is 11.1 Å². The number of hydrogen-bond acceptors (Lipinski definition) is 1. The summed E-state index contributed by atoms with van der Waals surface area (Å²) in [6.45, 7) is 0. The van der Waals surface area contributed by atoms with Gasteiger partial charge in [-0.25, -0.2) is 9.18 Å². The maximum absolute atomic E-state index is 14.4. The average molecular weight is 244 g/mol. The first kappa shape index (κ1) is 12.1. The molecule has 2 amide bonds. The molecular formula is C14H13FN2O. The lowest BCUT2D eigenvalue weighted by Gasteiger charge is -2.13. The summed E-state index contributed by atoms with van der Waals surface area (Å²) in [5.41, 5.74) is 6.38. The van der Waals surface area contributed by atoms with Gasteiger partial charge in [0.05, 0.1) is 0 Å². The normalized spacial score (nSPS) is 11.8. The van der Waals surface area contributed by atoms with E-state index in [0.29, 0.717) is 16.8 Å². The van der Waals surface area contributed by atoms with Crippen LogP contribution in [0.25, 0.3) is 0 Å². The second-order valence-corrected chi connectivity index (χ2v) is 3.85. The van der Waals surface area contributed by atoms with Crippen molar-refractivity contribution < 1.29 is 9.18 Å². The predicted octanol–water partition coefficient (Wildman–Crippen LogP) is 3.24. The molecule has 18 heavy (non-hydrogen) atoms. The molecule has 92 valence electrons. The van der Waals surface area contributed by atoms with Gasteiger partial charge in [-0.3, -0.25) is 0 Å². The molecule has 2 rings (SSSR count). The summed E-state index contributed by atoms with van der Waals surface area (Å²) in [6, 6.07) is 14.7. The molecule has 3 N–H and O–H groups in total. The quantitative estimate of drug-likeness (QED) is 0.855. The fourth-order valence-electron chi connectivity index (χ4n) is 1.77. The molecule has 0 aromatic heterocycles. The van der Waals surface area contributed by atoms with Crippen molar-refractivity contribution in [3.63, 3.8) is 0 Å². The number of alkyl halides is 1. The van der Waals surface area contributed by atoms with E-state index in [1.165, 1.54) is 0 Å². The number of primary amides is 1. The highest BCUT2D eigenvalue weighted by Crippen LogP contribution is 2.31. The lowest BCUT2D eigenvalue weighted by atomic mass is 10.0. The second-order valence-electron chi connectivity index (χ2n) is 3.85. The highest BCUT2D eigenvalue weighted by atomic mass is 19.1. The van der Waals surface area contributed by atoms with Crippen LogP contribution in [-0.2, 0) is 0 Å². The molecule has 0 heterocycles. The van der Waals surface area contributed by atoms with E-state index in [2.05, 4.69) is 5.32 Å². The molecule has 0 spiro atoms. The van der Waals surface area contributed by atoms with Crippen molar-refractivity contribution in [2.24, 2.45) is 5.73 Å². The van der Waals surface area contributed by atoms with Gasteiger partial charge in [0.15, 0.2) is 6.17 Å². The van der Waals surface area contributed by atoms with E-state index in [0.717, 1.165) is 0 Å². The molecule has 2 aromatic carbocycles. The van der Waals surface area contributed by atoms with Crippen molar-refractivity contribution in [1.82, 2.24) is 0 Å². The van der Waals surface area contributed by atoms with E-state index in [1.807, 2.05) is 6.07 Å². The van der Waals surface area contributed by atoms with Gasteiger partial charge >= 0.3 is 6.03 Å². The zero-order chi connectivity index (χ0) is 13.0. The van der Waals surface area contributed by atoms with E-state index >= 15 is 0 Å². The summed E-state index contributed by atoms with van der Waals surface area (Å²) in [7, 11) is 0. The topological polar surface area (TPSA) is 55.1 Å². The zero-order valence-corrected chi connectivity index (χ0v) is 9.64. The first-order valence-corrected chi connectivity index (χ1v) is 5.53. The lowest BCUT2D eigenvalue weighted by Crippen LogP contribution is -2.20. The molecule has 2 aromatic rings. The van der Waals surface area contributed by atoms with Gasteiger partial charge in [-0.15, -0.1) is 0 Å². The van der Waals surface area contributed by atoms with Crippen LogP contribution in [0, 0.1) is 0 Å². The van der Waals surface area contributed by atoms with Crippen LogP contribution in [-0.4, -0.2) is 6.03 Å². The fourth-order valence-corrected chi connectivity index (χ4v) is 1.77. The third-order valence-electron chi connectivity index (χ3n) is 2.58. The molecule has 1 unspecified atom stereocenters. The largest absolute Gasteiger partial charge is 0.351 e. The van der Waals surface area contributed by atoms with Gasteiger partial charge in [0.25, 0.3) is 0 Å². The Morgan fingerprint density at radius 2 is 1.67 bits per heavy atom.